The number of ether oxygens (including phenoxy) is 1. The van der Waals surface area contributed by atoms with E-state index >= 15 is 0 Å². The molecule has 0 saturated carbocycles. The highest BCUT2D eigenvalue weighted by Crippen LogP contribution is 2.16. The summed E-state index contributed by atoms with van der Waals surface area (Å²) in [5, 5.41) is 2.75. The summed E-state index contributed by atoms with van der Waals surface area (Å²) in [5.41, 5.74) is 1.12. The average Bonchev–Trinajstić information content (AvgIpc) is 2.50. The Morgan fingerprint density at radius 2 is 2.10 bits per heavy atom. The highest BCUT2D eigenvalue weighted by Gasteiger charge is 2.15. The lowest BCUT2D eigenvalue weighted by Gasteiger charge is -2.12. The van der Waals surface area contributed by atoms with Crippen LogP contribution in [0.25, 0.3) is 0 Å². The molecule has 1 atom stereocenters. The van der Waals surface area contributed by atoms with Gasteiger partial charge in [-0.1, -0.05) is 25.1 Å². The molecule has 1 aromatic heterocycles. The van der Waals surface area contributed by atoms with Crippen LogP contribution >= 0.6 is 0 Å². The molecular formula is C16H17FN2O2. The summed E-state index contributed by atoms with van der Waals surface area (Å²) in [6.45, 7) is 1.76. The van der Waals surface area contributed by atoms with E-state index in [1.54, 1.807) is 37.3 Å². The fraction of sp³-hybridized carbons (Fsp3) is 0.250. The van der Waals surface area contributed by atoms with Gasteiger partial charge in [-0.2, -0.15) is 0 Å². The topological polar surface area (TPSA) is 51.2 Å². The van der Waals surface area contributed by atoms with Crippen LogP contribution in [0.4, 0.5) is 10.1 Å². The molecule has 1 unspecified atom stereocenters. The van der Waals surface area contributed by atoms with Crippen molar-refractivity contribution in [2.45, 2.75) is 13.3 Å². The summed E-state index contributed by atoms with van der Waals surface area (Å²) in [4.78, 5) is 16.1. The van der Waals surface area contributed by atoms with Crippen molar-refractivity contribution >= 4 is 11.6 Å². The van der Waals surface area contributed by atoms with Gasteiger partial charge in [-0.25, -0.2) is 9.37 Å². The Bertz CT molecular complexity index is 614. The number of anilines is 1. The molecule has 0 aliphatic rings. The number of amides is 1. The lowest BCUT2D eigenvalue weighted by atomic mass is 10.00. The van der Waals surface area contributed by atoms with E-state index in [0.717, 1.165) is 0 Å². The lowest BCUT2D eigenvalue weighted by molar-refractivity contribution is -0.119. The molecule has 0 fully saturated rings. The molecular weight excluding hydrogens is 271 g/mol. The van der Waals surface area contributed by atoms with Crippen LogP contribution in [0.2, 0.25) is 0 Å². The monoisotopic (exact) mass is 288 g/mol. The number of rotatable bonds is 5. The maximum absolute atomic E-state index is 13.6. The molecule has 1 heterocycles. The minimum Gasteiger partial charge on any atom is -0.481 e. The Balaban J connectivity index is 1.97. The van der Waals surface area contributed by atoms with Crippen LogP contribution in [0.3, 0.4) is 0 Å². The van der Waals surface area contributed by atoms with Crippen molar-refractivity contribution in [2.24, 2.45) is 5.92 Å². The molecule has 1 aromatic carbocycles. The van der Waals surface area contributed by atoms with Gasteiger partial charge in [0.25, 0.3) is 0 Å². The summed E-state index contributed by atoms with van der Waals surface area (Å²) >= 11 is 0. The molecule has 4 nitrogen and oxygen atoms in total. The Hall–Kier alpha value is -2.43. The third-order valence-electron chi connectivity index (χ3n) is 3.14. The van der Waals surface area contributed by atoms with Crippen molar-refractivity contribution in [3.05, 3.63) is 54.0 Å². The number of hydrogen-bond donors (Lipinski definition) is 1. The molecule has 1 amide bonds. The number of benzene rings is 1. The fourth-order valence-corrected chi connectivity index (χ4v) is 1.93. The molecule has 0 bridgehead atoms. The van der Waals surface area contributed by atoms with Crippen LogP contribution in [-0.2, 0) is 11.2 Å². The van der Waals surface area contributed by atoms with Gasteiger partial charge < -0.3 is 10.1 Å². The first-order valence-corrected chi connectivity index (χ1v) is 6.64. The molecule has 5 heteroatoms. The van der Waals surface area contributed by atoms with Crippen LogP contribution < -0.4 is 10.1 Å². The van der Waals surface area contributed by atoms with E-state index < -0.39 is 0 Å². The van der Waals surface area contributed by atoms with Crippen molar-refractivity contribution in [1.82, 2.24) is 4.98 Å². The first-order chi connectivity index (χ1) is 10.1. The zero-order valence-electron chi connectivity index (χ0n) is 12.0. The first-order valence-electron chi connectivity index (χ1n) is 6.64. The van der Waals surface area contributed by atoms with Crippen molar-refractivity contribution in [3.8, 4) is 5.88 Å². The Kier molecular flexibility index (Phi) is 4.87. The molecule has 0 aliphatic heterocycles. The highest BCUT2D eigenvalue weighted by molar-refractivity contribution is 5.92. The SMILES string of the molecule is COc1ccc(NC(=O)C(C)Cc2ccccc2F)cn1. The van der Waals surface area contributed by atoms with E-state index in [9.17, 15) is 9.18 Å². The van der Waals surface area contributed by atoms with Crippen LogP contribution in [0.5, 0.6) is 5.88 Å². The Morgan fingerprint density at radius 1 is 1.33 bits per heavy atom. The average molecular weight is 288 g/mol. The van der Waals surface area contributed by atoms with Crippen molar-refractivity contribution in [2.75, 3.05) is 12.4 Å². The largest absolute Gasteiger partial charge is 0.481 e. The smallest absolute Gasteiger partial charge is 0.227 e. The molecule has 0 saturated heterocycles. The van der Waals surface area contributed by atoms with Crippen molar-refractivity contribution in [1.29, 1.82) is 0 Å². The van der Waals surface area contributed by atoms with Gasteiger partial charge in [0.2, 0.25) is 11.8 Å². The zero-order valence-corrected chi connectivity index (χ0v) is 12.0. The minimum atomic E-state index is -0.344. The maximum atomic E-state index is 13.6. The number of halogens is 1. The number of pyridine rings is 1. The van der Waals surface area contributed by atoms with Crippen LogP contribution in [0, 0.1) is 11.7 Å². The molecule has 0 spiro atoms. The first kappa shape index (κ1) is 15.0. The minimum absolute atomic E-state index is 0.176. The van der Waals surface area contributed by atoms with E-state index in [4.69, 9.17) is 4.74 Å². The van der Waals surface area contributed by atoms with Gasteiger partial charge in [0.05, 0.1) is 19.0 Å². The summed E-state index contributed by atoms with van der Waals surface area (Å²) in [6, 6.07) is 9.85. The summed E-state index contributed by atoms with van der Waals surface area (Å²) in [6.07, 6.45) is 1.87. The third kappa shape index (κ3) is 4.02. The lowest BCUT2D eigenvalue weighted by Crippen LogP contribution is -2.22. The van der Waals surface area contributed by atoms with Crippen LogP contribution in [0.15, 0.2) is 42.6 Å². The molecule has 2 rings (SSSR count). The van der Waals surface area contributed by atoms with Crippen molar-refractivity contribution in [3.63, 3.8) is 0 Å². The molecule has 0 radical (unpaired) electrons. The number of carbonyl (C=O) groups excluding carboxylic acids is 1. The molecule has 110 valence electrons. The van der Waals surface area contributed by atoms with E-state index in [0.29, 0.717) is 23.6 Å². The predicted octanol–water partition coefficient (Wildman–Crippen LogP) is 3.05. The molecule has 1 N–H and O–H groups in total. The summed E-state index contributed by atoms with van der Waals surface area (Å²) in [5.74, 6) is -0.329. The second-order valence-corrected chi connectivity index (χ2v) is 4.78. The van der Waals surface area contributed by atoms with Gasteiger partial charge in [-0.3, -0.25) is 4.79 Å². The summed E-state index contributed by atoms with van der Waals surface area (Å²) in [7, 11) is 1.52. The number of hydrogen-bond acceptors (Lipinski definition) is 3. The number of carbonyl (C=O) groups is 1. The number of aromatic nitrogens is 1. The van der Waals surface area contributed by atoms with Crippen LogP contribution in [0.1, 0.15) is 12.5 Å². The van der Waals surface area contributed by atoms with Gasteiger partial charge in [0.1, 0.15) is 5.82 Å². The van der Waals surface area contributed by atoms with E-state index in [-0.39, 0.29) is 17.6 Å². The van der Waals surface area contributed by atoms with E-state index in [1.165, 1.54) is 19.4 Å². The zero-order chi connectivity index (χ0) is 15.2. The van der Waals surface area contributed by atoms with Gasteiger partial charge in [0, 0.05) is 12.0 Å². The highest BCUT2D eigenvalue weighted by atomic mass is 19.1. The van der Waals surface area contributed by atoms with Gasteiger partial charge >= 0.3 is 0 Å². The van der Waals surface area contributed by atoms with Crippen molar-refractivity contribution < 1.29 is 13.9 Å². The molecule has 2 aromatic rings. The predicted molar refractivity (Wildman–Crippen MR) is 78.7 cm³/mol. The normalized spacial score (nSPS) is 11.8. The molecule has 0 aliphatic carbocycles. The third-order valence-corrected chi connectivity index (χ3v) is 3.14. The standard InChI is InChI=1S/C16H17FN2O2/c1-11(9-12-5-3-4-6-14(12)17)16(20)19-13-7-8-15(21-2)18-10-13/h3-8,10-11H,9H2,1-2H3,(H,19,20). The number of nitrogens with zero attached hydrogens (tertiary/aromatic N) is 1. The number of nitrogens with one attached hydrogen (secondary N) is 1. The van der Waals surface area contributed by atoms with E-state index in [1.807, 2.05) is 0 Å². The van der Waals surface area contributed by atoms with Gasteiger partial charge in [-0.05, 0) is 24.1 Å². The second-order valence-electron chi connectivity index (χ2n) is 4.78. The summed E-state index contributed by atoms with van der Waals surface area (Å²) < 4.78 is 18.5. The van der Waals surface area contributed by atoms with Gasteiger partial charge in [0.15, 0.2) is 0 Å². The number of methoxy groups -OCH3 is 1. The fourth-order valence-electron chi connectivity index (χ4n) is 1.93. The Morgan fingerprint density at radius 3 is 2.71 bits per heavy atom. The Labute approximate surface area is 123 Å². The van der Waals surface area contributed by atoms with Gasteiger partial charge in [-0.15, -0.1) is 0 Å². The van der Waals surface area contributed by atoms with Crippen LogP contribution in [-0.4, -0.2) is 18.0 Å². The molecule has 21 heavy (non-hydrogen) atoms. The maximum Gasteiger partial charge on any atom is 0.227 e. The van der Waals surface area contributed by atoms with E-state index in [2.05, 4.69) is 10.3 Å². The second kappa shape index (κ2) is 6.83. The quantitative estimate of drug-likeness (QED) is 0.920.